The average Bonchev–Trinajstić information content (AvgIpc) is 2.73. The Morgan fingerprint density at radius 3 is 2.28 bits per heavy atom. The minimum Gasteiger partial charge on any atom is -0.244 e. The van der Waals surface area contributed by atoms with Crippen molar-refractivity contribution >= 4 is 41.5 Å². The fourth-order valence-electron chi connectivity index (χ4n) is 3.23. The fourth-order valence-corrected chi connectivity index (χ4v) is 7.42. The van der Waals surface area contributed by atoms with Gasteiger partial charge in [-0.3, -0.25) is 0 Å². The van der Waals surface area contributed by atoms with Gasteiger partial charge in [0.15, 0.2) is 5.03 Å². The number of rotatable bonds is 7. The number of sulfone groups is 1. The predicted octanol–water partition coefficient (Wildman–Crippen LogP) is 1.61. The number of aromatic nitrogens is 1. The summed E-state index contributed by atoms with van der Waals surface area (Å²) in [4.78, 5) is 2.79. The first-order valence-corrected chi connectivity index (χ1v) is 14.5. The molecule has 0 atom stereocenters. The van der Waals surface area contributed by atoms with Crippen LogP contribution in [0.3, 0.4) is 0 Å². The summed E-state index contributed by atoms with van der Waals surface area (Å²) in [6, 6.07) is 7.60. The molecule has 176 valence electrons. The van der Waals surface area contributed by atoms with E-state index in [4.69, 9.17) is 11.6 Å². The van der Waals surface area contributed by atoms with Crippen molar-refractivity contribution < 1.29 is 29.6 Å². The van der Waals surface area contributed by atoms with Crippen molar-refractivity contribution in [2.24, 2.45) is 0 Å². The van der Waals surface area contributed by atoms with Gasteiger partial charge >= 0.3 is 0 Å². The fraction of sp³-hybridized carbons (Fsp3) is 0.389. The molecule has 0 saturated carbocycles. The molecule has 0 unspecified atom stereocenters. The van der Waals surface area contributed by atoms with Crippen LogP contribution in [-0.4, -0.2) is 66.1 Å². The molecule has 1 N–H and O–H groups in total. The number of sulfonamides is 2. The summed E-state index contributed by atoms with van der Waals surface area (Å²) in [5.41, 5.74) is -1.92. The highest BCUT2D eigenvalue weighted by Crippen LogP contribution is 2.34. The van der Waals surface area contributed by atoms with Crippen molar-refractivity contribution in [3.05, 3.63) is 47.6 Å². The standard InChI is InChI=1S/C18H21ClFN3O6S3/c1-30(24,25)22-13-18(20)7-10-23(11-8-18)32(28,29)15-6-5-14(19)12-16(15)31(26,27)17-4-2-3-9-21-17/h2-6,9,12,22H,7-8,10-11,13H2,1H3. The molecule has 0 amide bonds. The second kappa shape index (κ2) is 8.95. The van der Waals surface area contributed by atoms with Gasteiger partial charge in [-0.1, -0.05) is 17.7 Å². The molecule has 2 aromatic rings. The maximum absolute atomic E-state index is 14.9. The number of benzene rings is 1. The largest absolute Gasteiger partial charge is 0.244 e. The lowest BCUT2D eigenvalue weighted by atomic mass is 9.95. The van der Waals surface area contributed by atoms with Gasteiger partial charge in [-0.2, -0.15) is 4.31 Å². The van der Waals surface area contributed by atoms with Gasteiger partial charge in [0.1, 0.15) is 10.6 Å². The van der Waals surface area contributed by atoms with Gasteiger partial charge in [0, 0.05) is 30.9 Å². The molecule has 9 nitrogen and oxygen atoms in total. The minimum atomic E-state index is -4.33. The zero-order valence-electron chi connectivity index (χ0n) is 16.9. The molecule has 0 spiro atoms. The van der Waals surface area contributed by atoms with E-state index in [9.17, 15) is 29.6 Å². The predicted molar refractivity (Wildman–Crippen MR) is 116 cm³/mol. The minimum absolute atomic E-state index is 0.0201. The van der Waals surface area contributed by atoms with Gasteiger partial charge in [-0.05, 0) is 43.2 Å². The van der Waals surface area contributed by atoms with Gasteiger partial charge in [0.2, 0.25) is 29.9 Å². The van der Waals surface area contributed by atoms with Crippen LogP contribution in [0.2, 0.25) is 5.02 Å². The van der Waals surface area contributed by atoms with E-state index in [1.54, 1.807) is 0 Å². The van der Waals surface area contributed by atoms with E-state index in [1.165, 1.54) is 30.5 Å². The number of nitrogens with one attached hydrogen (secondary N) is 1. The van der Waals surface area contributed by atoms with Crippen LogP contribution in [0.5, 0.6) is 0 Å². The van der Waals surface area contributed by atoms with Gasteiger partial charge in [-0.25, -0.2) is 39.3 Å². The van der Waals surface area contributed by atoms with Crippen molar-refractivity contribution in [1.82, 2.24) is 14.0 Å². The molecule has 1 aromatic heterocycles. The van der Waals surface area contributed by atoms with Crippen molar-refractivity contribution in [2.75, 3.05) is 25.9 Å². The first kappa shape index (κ1) is 25.0. The van der Waals surface area contributed by atoms with Crippen LogP contribution in [0.4, 0.5) is 4.39 Å². The van der Waals surface area contributed by atoms with Crippen LogP contribution < -0.4 is 4.72 Å². The highest BCUT2D eigenvalue weighted by molar-refractivity contribution is 7.93. The Morgan fingerprint density at radius 1 is 1.06 bits per heavy atom. The molecular weight excluding hydrogens is 505 g/mol. The van der Waals surface area contributed by atoms with E-state index in [2.05, 4.69) is 9.71 Å². The summed E-state index contributed by atoms with van der Waals surface area (Å²) < 4.78 is 93.3. The third-order valence-electron chi connectivity index (χ3n) is 5.00. The normalized spacial score (nSPS) is 17.8. The quantitative estimate of drug-likeness (QED) is 0.581. The van der Waals surface area contributed by atoms with E-state index in [0.29, 0.717) is 0 Å². The van der Waals surface area contributed by atoms with Crippen molar-refractivity contribution in [2.45, 2.75) is 33.3 Å². The molecule has 1 fully saturated rings. The maximum atomic E-state index is 14.9. The highest BCUT2D eigenvalue weighted by Gasteiger charge is 2.41. The first-order chi connectivity index (χ1) is 14.7. The smallest absolute Gasteiger partial charge is 0.244 e. The average molecular weight is 526 g/mol. The first-order valence-electron chi connectivity index (χ1n) is 9.34. The molecule has 32 heavy (non-hydrogen) atoms. The Labute approximate surface area is 191 Å². The molecule has 1 aliphatic heterocycles. The van der Waals surface area contributed by atoms with Gasteiger partial charge in [0.25, 0.3) is 0 Å². The van der Waals surface area contributed by atoms with Crippen LogP contribution in [0.15, 0.2) is 57.4 Å². The number of alkyl halides is 1. The number of hydrogen-bond acceptors (Lipinski definition) is 7. The van der Waals surface area contributed by atoms with E-state index >= 15 is 0 Å². The van der Waals surface area contributed by atoms with Gasteiger partial charge in [-0.15, -0.1) is 0 Å². The molecule has 0 aliphatic carbocycles. The maximum Gasteiger partial charge on any atom is 0.244 e. The van der Waals surface area contributed by atoms with E-state index in [1.807, 2.05) is 0 Å². The summed E-state index contributed by atoms with van der Waals surface area (Å²) in [5, 5.41) is -0.321. The molecule has 2 heterocycles. The van der Waals surface area contributed by atoms with Gasteiger partial charge in [0.05, 0.1) is 11.2 Å². The molecule has 14 heteroatoms. The molecule has 0 radical (unpaired) electrons. The Kier molecular flexibility index (Phi) is 6.99. The number of pyridine rings is 1. The zero-order chi connectivity index (χ0) is 23.8. The Morgan fingerprint density at radius 2 is 1.72 bits per heavy atom. The number of nitrogens with zero attached hydrogens (tertiary/aromatic N) is 2. The number of hydrogen-bond donors (Lipinski definition) is 1. The topological polar surface area (TPSA) is 131 Å². The van der Waals surface area contributed by atoms with Crippen LogP contribution in [-0.2, 0) is 29.9 Å². The molecule has 1 saturated heterocycles. The van der Waals surface area contributed by atoms with Crippen LogP contribution >= 0.6 is 11.6 Å². The molecular formula is C18H21ClFN3O6S3. The summed E-state index contributed by atoms with van der Waals surface area (Å²) >= 11 is 5.96. The van der Waals surface area contributed by atoms with E-state index in [0.717, 1.165) is 22.7 Å². The number of halogens is 2. The third kappa shape index (κ3) is 5.46. The Bertz CT molecular complexity index is 1310. The lowest BCUT2D eigenvalue weighted by Gasteiger charge is -2.35. The molecule has 3 rings (SSSR count). The summed E-state index contributed by atoms with van der Waals surface area (Å²) in [6.07, 6.45) is 1.65. The molecule has 1 aromatic carbocycles. The van der Waals surface area contributed by atoms with Crippen molar-refractivity contribution in [3.8, 4) is 0 Å². The van der Waals surface area contributed by atoms with Crippen molar-refractivity contribution in [1.29, 1.82) is 0 Å². The number of piperidine rings is 1. The second-order valence-electron chi connectivity index (χ2n) is 7.41. The third-order valence-corrected chi connectivity index (χ3v) is 9.69. The Balaban J connectivity index is 1.92. The lowest BCUT2D eigenvalue weighted by molar-refractivity contribution is 0.0933. The Hall–Kier alpha value is -1.64. The summed E-state index contributed by atoms with van der Waals surface area (Å²) in [7, 11) is -12.3. The monoisotopic (exact) mass is 525 g/mol. The molecule has 0 bridgehead atoms. The summed E-state index contributed by atoms with van der Waals surface area (Å²) in [6.45, 7) is -0.980. The van der Waals surface area contributed by atoms with Crippen LogP contribution in [0.1, 0.15) is 12.8 Å². The van der Waals surface area contributed by atoms with E-state index in [-0.39, 0.29) is 36.0 Å². The van der Waals surface area contributed by atoms with Gasteiger partial charge < -0.3 is 0 Å². The van der Waals surface area contributed by atoms with Crippen LogP contribution in [0, 0.1) is 0 Å². The van der Waals surface area contributed by atoms with Crippen molar-refractivity contribution in [3.63, 3.8) is 0 Å². The second-order valence-corrected chi connectivity index (χ2v) is 13.5. The molecule has 1 aliphatic rings. The van der Waals surface area contributed by atoms with E-state index < -0.39 is 51.9 Å². The zero-order valence-corrected chi connectivity index (χ0v) is 20.1. The highest BCUT2D eigenvalue weighted by atomic mass is 35.5. The lowest BCUT2D eigenvalue weighted by Crippen LogP contribution is -2.49. The SMILES string of the molecule is CS(=O)(=O)NCC1(F)CCN(S(=O)(=O)c2ccc(Cl)cc2S(=O)(=O)c2ccccn2)CC1. The summed E-state index contributed by atoms with van der Waals surface area (Å²) in [5.74, 6) is 0. The van der Waals surface area contributed by atoms with Crippen LogP contribution in [0.25, 0.3) is 0 Å².